The summed E-state index contributed by atoms with van der Waals surface area (Å²) < 4.78 is 5.15. The van der Waals surface area contributed by atoms with Crippen LogP contribution >= 0.6 is 0 Å². The van der Waals surface area contributed by atoms with E-state index in [-0.39, 0.29) is 18.6 Å². The van der Waals surface area contributed by atoms with Gasteiger partial charge in [-0.2, -0.15) is 0 Å². The third kappa shape index (κ3) is 4.32. The largest absolute Gasteiger partial charge is 0.394 e. The van der Waals surface area contributed by atoms with Crippen molar-refractivity contribution < 1.29 is 14.4 Å². The van der Waals surface area contributed by atoms with Crippen LogP contribution < -0.4 is 10.6 Å². The van der Waals surface area contributed by atoms with Gasteiger partial charge < -0.3 is 20.3 Å². The number of aliphatic hydroxyl groups is 1. The second kappa shape index (κ2) is 7.78. The number of aryl methyl sites for hydroxylation is 2. The molecule has 6 heteroatoms. The molecule has 0 aliphatic rings. The van der Waals surface area contributed by atoms with Crippen LogP contribution in [0.4, 0.5) is 4.79 Å². The molecule has 2 atom stereocenters. The standard InChI is InChI=1S/C17H23N3O3/c1-11(16-12(2)20-23-13(16)3)9-18-17(22)19-15(10-21)14-7-5-4-6-8-14/h4-8,11,15,21H,9-10H2,1-3H3,(H2,18,19,22)/t11?,15-/m1/s1. The first-order valence-electron chi connectivity index (χ1n) is 7.65. The van der Waals surface area contributed by atoms with Crippen LogP contribution in [0.5, 0.6) is 0 Å². The van der Waals surface area contributed by atoms with E-state index in [0.717, 1.165) is 22.6 Å². The van der Waals surface area contributed by atoms with Crippen molar-refractivity contribution >= 4 is 6.03 Å². The molecule has 6 nitrogen and oxygen atoms in total. The Morgan fingerprint density at radius 3 is 2.57 bits per heavy atom. The summed E-state index contributed by atoms with van der Waals surface area (Å²) in [5, 5.41) is 19.0. The highest BCUT2D eigenvalue weighted by Crippen LogP contribution is 2.22. The third-order valence-electron chi connectivity index (χ3n) is 3.84. The molecule has 2 aromatic rings. The maximum atomic E-state index is 12.1. The van der Waals surface area contributed by atoms with Gasteiger partial charge in [0.1, 0.15) is 5.76 Å². The Labute approximate surface area is 135 Å². The summed E-state index contributed by atoms with van der Waals surface area (Å²) in [5.41, 5.74) is 2.73. The number of hydrogen-bond acceptors (Lipinski definition) is 4. The molecule has 124 valence electrons. The van der Waals surface area contributed by atoms with Crippen LogP contribution in [0.25, 0.3) is 0 Å². The van der Waals surface area contributed by atoms with Crippen LogP contribution in [-0.2, 0) is 0 Å². The van der Waals surface area contributed by atoms with Crippen LogP contribution in [-0.4, -0.2) is 29.4 Å². The highest BCUT2D eigenvalue weighted by molar-refractivity contribution is 5.74. The zero-order chi connectivity index (χ0) is 16.8. The minimum atomic E-state index is -0.425. The Morgan fingerprint density at radius 2 is 2.00 bits per heavy atom. The van der Waals surface area contributed by atoms with Gasteiger partial charge in [0.2, 0.25) is 0 Å². The maximum Gasteiger partial charge on any atom is 0.315 e. The Bertz CT molecular complexity index is 620. The van der Waals surface area contributed by atoms with Crippen LogP contribution in [0.2, 0.25) is 0 Å². The summed E-state index contributed by atoms with van der Waals surface area (Å²) in [4.78, 5) is 12.1. The summed E-state index contributed by atoms with van der Waals surface area (Å²) in [6.45, 7) is 6.06. The quantitative estimate of drug-likeness (QED) is 0.763. The number of aromatic nitrogens is 1. The summed E-state index contributed by atoms with van der Waals surface area (Å²) in [6.07, 6.45) is 0. The molecule has 2 rings (SSSR count). The van der Waals surface area contributed by atoms with Crippen molar-refractivity contribution in [2.75, 3.05) is 13.2 Å². The zero-order valence-corrected chi connectivity index (χ0v) is 13.7. The number of aliphatic hydroxyl groups excluding tert-OH is 1. The summed E-state index contributed by atoms with van der Waals surface area (Å²) in [5.74, 6) is 0.867. The zero-order valence-electron chi connectivity index (χ0n) is 13.7. The normalized spacial score (nSPS) is 13.4. The molecule has 1 unspecified atom stereocenters. The lowest BCUT2D eigenvalue weighted by atomic mass is 10.00. The van der Waals surface area contributed by atoms with Gasteiger partial charge in [-0.25, -0.2) is 4.79 Å². The minimum absolute atomic E-state index is 0.0938. The summed E-state index contributed by atoms with van der Waals surface area (Å²) in [6, 6.07) is 8.64. The first-order valence-corrected chi connectivity index (χ1v) is 7.65. The van der Waals surface area contributed by atoms with Crippen molar-refractivity contribution in [1.29, 1.82) is 0 Å². The highest BCUT2D eigenvalue weighted by Gasteiger charge is 2.18. The molecular weight excluding hydrogens is 294 g/mol. The van der Waals surface area contributed by atoms with Crippen LogP contribution in [0.3, 0.4) is 0 Å². The van der Waals surface area contributed by atoms with E-state index in [2.05, 4.69) is 15.8 Å². The number of amides is 2. The molecule has 3 N–H and O–H groups in total. The van der Waals surface area contributed by atoms with Gasteiger partial charge >= 0.3 is 6.03 Å². The van der Waals surface area contributed by atoms with Gasteiger partial charge in [-0.15, -0.1) is 0 Å². The van der Waals surface area contributed by atoms with Gasteiger partial charge in [0, 0.05) is 18.0 Å². The van der Waals surface area contributed by atoms with Gasteiger partial charge in [0.25, 0.3) is 0 Å². The molecule has 0 bridgehead atoms. The maximum absolute atomic E-state index is 12.1. The first kappa shape index (κ1) is 17.0. The van der Waals surface area contributed by atoms with Crippen molar-refractivity contribution in [2.24, 2.45) is 0 Å². The number of rotatable bonds is 6. The van der Waals surface area contributed by atoms with E-state index in [0.29, 0.717) is 6.54 Å². The fourth-order valence-corrected chi connectivity index (χ4v) is 2.67. The van der Waals surface area contributed by atoms with Gasteiger partial charge in [0.05, 0.1) is 18.3 Å². The van der Waals surface area contributed by atoms with E-state index >= 15 is 0 Å². The molecule has 0 saturated carbocycles. The van der Waals surface area contributed by atoms with Crippen molar-refractivity contribution in [3.05, 3.63) is 52.9 Å². The van der Waals surface area contributed by atoms with Gasteiger partial charge in [-0.1, -0.05) is 42.4 Å². The molecule has 1 aromatic carbocycles. The molecule has 0 fully saturated rings. The predicted octanol–water partition coefficient (Wildman–Crippen LogP) is 2.43. The molecule has 0 aliphatic heterocycles. The lowest BCUT2D eigenvalue weighted by molar-refractivity contribution is 0.216. The van der Waals surface area contributed by atoms with Gasteiger partial charge in [-0.3, -0.25) is 0 Å². The van der Waals surface area contributed by atoms with Crippen LogP contribution in [0, 0.1) is 13.8 Å². The number of carbonyl (C=O) groups excluding carboxylic acids is 1. The Hall–Kier alpha value is -2.34. The van der Waals surface area contributed by atoms with Crippen molar-refractivity contribution in [2.45, 2.75) is 32.7 Å². The van der Waals surface area contributed by atoms with E-state index in [9.17, 15) is 9.90 Å². The van der Waals surface area contributed by atoms with Gasteiger partial charge in [0.15, 0.2) is 0 Å². The lowest BCUT2D eigenvalue weighted by Crippen LogP contribution is -2.40. The number of carbonyl (C=O) groups is 1. The summed E-state index contributed by atoms with van der Waals surface area (Å²) in [7, 11) is 0. The number of benzene rings is 1. The van der Waals surface area contributed by atoms with Crippen molar-refractivity contribution in [3.8, 4) is 0 Å². The molecule has 2 amide bonds. The van der Waals surface area contributed by atoms with E-state index < -0.39 is 6.04 Å². The fraction of sp³-hybridized carbons (Fsp3) is 0.412. The SMILES string of the molecule is Cc1noc(C)c1C(C)CNC(=O)N[C@H](CO)c1ccccc1. The van der Waals surface area contributed by atoms with Crippen molar-refractivity contribution in [3.63, 3.8) is 0 Å². The molecule has 1 aromatic heterocycles. The third-order valence-corrected chi connectivity index (χ3v) is 3.84. The fourth-order valence-electron chi connectivity index (χ4n) is 2.67. The van der Waals surface area contributed by atoms with Gasteiger partial charge in [-0.05, 0) is 19.4 Å². The lowest BCUT2D eigenvalue weighted by Gasteiger charge is -2.18. The average Bonchev–Trinajstić information content (AvgIpc) is 2.90. The number of nitrogens with zero attached hydrogens (tertiary/aromatic N) is 1. The molecule has 0 radical (unpaired) electrons. The minimum Gasteiger partial charge on any atom is -0.394 e. The highest BCUT2D eigenvalue weighted by atomic mass is 16.5. The number of hydrogen-bond donors (Lipinski definition) is 3. The molecule has 1 heterocycles. The van der Waals surface area contributed by atoms with E-state index in [1.807, 2.05) is 51.1 Å². The smallest absolute Gasteiger partial charge is 0.315 e. The van der Waals surface area contributed by atoms with E-state index in [1.54, 1.807) is 0 Å². The average molecular weight is 317 g/mol. The second-order valence-corrected chi connectivity index (χ2v) is 5.64. The predicted molar refractivity (Wildman–Crippen MR) is 87.2 cm³/mol. The Kier molecular flexibility index (Phi) is 5.76. The van der Waals surface area contributed by atoms with Crippen molar-refractivity contribution in [1.82, 2.24) is 15.8 Å². The molecule has 0 aliphatic carbocycles. The molecular formula is C17H23N3O3. The van der Waals surface area contributed by atoms with Crippen LogP contribution in [0.1, 0.15) is 41.5 Å². The van der Waals surface area contributed by atoms with E-state index in [1.165, 1.54) is 0 Å². The number of nitrogens with one attached hydrogen (secondary N) is 2. The monoisotopic (exact) mass is 317 g/mol. The Morgan fingerprint density at radius 1 is 1.30 bits per heavy atom. The molecule has 23 heavy (non-hydrogen) atoms. The topological polar surface area (TPSA) is 87.4 Å². The summed E-state index contributed by atoms with van der Waals surface area (Å²) >= 11 is 0. The first-order chi connectivity index (χ1) is 11.0. The molecule has 0 spiro atoms. The molecule has 0 saturated heterocycles. The van der Waals surface area contributed by atoms with E-state index in [4.69, 9.17) is 4.52 Å². The number of urea groups is 1. The second-order valence-electron chi connectivity index (χ2n) is 5.64. The Balaban J connectivity index is 1.89. The van der Waals surface area contributed by atoms with Crippen LogP contribution in [0.15, 0.2) is 34.9 Å².